The molecule has 3 amide bonds. The zero-order valence-corrected chi connectivity index (χ0v) is 67.5. The summed E-state index contributed by atoms with van der Waals surface area (Å²) in [5, 5.41) is 100. The molecule has 0 aromatic heterocycles. The predicted molar refractivity (Wildman–Crippen MR) is 387 cm³/mol. The number of hydrogen-bond acceptors (Lipinski definition) is 33. The Morgan fingerprint density at radius 3 is 0.938 bits per heavy atom. The Morgan fingerprint density at radius 1 is 0.375 bits per heavy atom. The molecule has 6 heterocycles. The molecule has 0 spiro atoms. The summed E-state index contributed by atoms with van der Waals surface area (Å²) >= 11 is 0. The van der Waals surface area contributed by atoms with E-state index in [4.69, 9.17) is 46.5 Å². The first-order chi connectivity index (χ1) is 53.1. The lowest BCUT2D eigenvalue weighted by molar-refractivity contribution is -0.282. The van der Waals surface area contributed by atoms with Gasteiger partial charge in [0.2, 0.25) is 17.7 Å². The second-order valence-corrected chi connectivity index (χ2v) is 34.6. The number of ketones is 3. The number of amides is 3. The van der Waals surface area contributed by atoms with Crippen LogP contribution in [0.3, 0.4) is 0 Å². The summed E-state index contributed by atoms with van der Waals surface area (Å²) in [7, 11) is -16.0. The summed E-state index contributed by atoms with van der Waals surface area (Å²) in [6, 6.07) is -3.09. The fraction of sp³-hybridized carbons (Fsp3) is 0.917. The second kappa shape index (κ2) is 49.6. The van der Waals surface area contributed by atoms with E-state index in [0.29, 0.717) is 128 Å². The van der Waals surface area contributed by atoms with Crippen molar-refractivity contribution in [1.82, 2.24) is 14.7 Å². The quantitative estimate of drug-likeness (QED) is 0.0297. The lowest BCUT2D eigenvalue weighted by atomic mass is 9.92. The molecule has 6 aliphatic rings. The van der Waals surface area contributed by atoms with Gasteiger partial charge in [-0.3, -0.25) is 42.5 Å². The van der Waals surface area contributed by atoms with E-state index in [1.807, 2.05) is 0 Å². The number of carbonyl (C=O) groups is 6. The molecule has 0 radical (unpaired) electrons. The van der Waals surface area contributed by atoms with Crippen molar-refractivity contribution in [3.8, 4) is 0 Å². The zero-order chi connectivity index (χ0) is 82.3. The van der Waals surface area contributed by atoms with Crippen LogP contribution >= 0.6 is 23.5 Å². The number of hydrogen-bond donors (Lipinski definition) is 11. The fourth-order valence-electron chi connectivity index (χ4n) is 14.9. The molecule has 6 fully saturated rings. The molecule has 650 valence electrons. The Kier molecular flexibility index (Phi) is 43.4. The number of nitrogens with zero attached hydrogens (tertiary/aromatic N) is 3. The molecule has 0 aromatic rings. The molecule has 19 unspecified atom stereocenters. The van der Waals surface area contributed by atoms with Gasteiger partial charge < -0.3 is 136 Å². The first-order valence-corrected chi connectivity index (χ1v) is 44.4. The highest BCUT2D eigenvalue weighted by molar-refractivity contribution is 7.46. The number of unbranched alkanes of at least 4 members (excludes halogenated alkanes) is 12. The summed E-state index contributed by atoms with van der Waals surface area (Å²) in [4.78, 5) is 131. The van der Waals surface area contributed by atoms with Crippen LogP contribution in [0.4, 0.5) is 0 Å². The number of Topliss-reactive ketones (excluding diaryl/α,β-unsaturated/α-hetero) is 3. The van der Waals surface area contributed by atoms with E-state index < -0.39 is 203 Å². The summed E-state index contributed by atoms with van der Waals surface area (Å²) in [5.41, 5.74) is 0. The number of phosphoric ester groups is 3. The van der Waals surface area contributed by atoms with Gasteiger partial charge in [-0.2, -0.15) is 0 Å². The van der Waals surface area contributed by atoms with Crippen molar-refractivity contribution >= 4 is 58.5 Å². The number of rotatable bonds is 55. The van der Waals surface area contributed by atoms with Crippen molar-refractivity contribution in [2.24, 2.45) is 17.8 Å². The van der Waals surface area contributed by atoms with Crippen LogP contribution in [0.25, 0.3) is 0 Å². The van der Waals surface area contributed by atoms with Gasteiger partial charge in [0.05, 0.1) is 94.4 Å². The highest BCUT2D eigenvalue weighted by atomic mass is 31.2. The van der Waals surface area contributed by atoms with E-state index in [9.17, 15) is 113 Å². The Balaban J connectivity index is 0.943. The van der Waals surface area contributed by atoms with Crippen LogP contribution in [0.1, 0.15) is 213 Å². The van der Waals surface area contributed by atoms with Crippen LogP contribution in [0.5, 0.6) is 0 Å². The molecule has 6 aliphatic heterocycles. The lowest BCUT2D eigenvalue weighted by Crippen LogP contribution is -2.55. The average molecular weight is 1670 g/mol. The smallest absolute Gasteiger partial charge is 0.268 e. The third-order valence-corrected chi connectivity index (χ3v) is 24.2. The van der Waals surface area contributed by atoms with Gasteiger partial charge in [0.1, 0.15) is 54.0 Å². The molecule has 6 rings (SSSR count). The molecule has 0 aliphatic carbocycles. The molecular weight excluding hydrogens is 1540 g/mol. The van der Waals surface area contributed by atoms with E-state index in [0.717, 1.165) is 0 Å². The SMILES string of the molecule is CC1C(OCCCCC(=O)CCCCCCC(=O)N2CC(O)C[C@H]2COP(=O)([O-])O[C@@H]2C[C@@H](COP(=O)([O-])O[C@@H]3C[C@@H](COP(=O)([O-])O)N(C(=O)CCCCCCC(=O)CCCCOC4OC(CO)C(O)C(O)C4C)C3)N(C(=O)CCCCCCC(=O)CCCCOC3OC(CO)C(O)C(O)C3C)C2)OC(CO)C(O)C1O. The molecule has 6 saturated heterocycles. The Bertz CT molecular complexity index is 2980. The zero-order valence-electron chi connectivity index (χ0n) is 64.8. The van der Waals surface area contributed by atoms with Gasteiger partial charge in [-0.25, -0.2) is 0 Å². The Morgan fingerprint density at radius 2 is 0.643 bits per heavy atom. The van der Waals surface area contributed by atoms with Gasteiger partial charge in [0, 0.05) is 115 Å². The minimum atomic E-state index is -5.38. The van der Waals surface area contributed by atoms with Crippen LogP contribution < -0.4 is 14.7 Å². The fourth-order valence-corrected chi connectivity index (χ4v) is 17.1. The van der Waals surface area contributed by atoms with Crippen molar-refractivity contribution in [1.29, 1.82) is 0 Å². The van der Waals surface area contributed by atoms with E-state index in [2.05, 4.69) is 4.52 Å². The number of likely N-dealkylation sites (tertiary alicyclic amines) is 3. The van der Waals surface area contributed by atoms with E-state index in [1.54, 1.807) is 20.8 Å². The van der Waals surface area contributed by atoms with Gasteiger partial charge in [-0.05, 0) is 96.3 Å². The molecular formula is C72H125N3O34P3-3. The first-order valence-electron chi connectivity index (χ1n) is 39.9. The third kappa shape index (κ3) is 33.4. The summed E-state index contributed by atoms with van der Waals surface area (Å²) in [5.74, 6) is -2.92. The van der Waals surface area contributed by atoms with E-state index >= 15 is 0 Å². The third-order valence-electron chi connectivity index (χ3n) is 21.7. The lowest BCUT2D eigenvalue weighted by Gasteiger charge is -2.40. The highest BCUT2D eigenvalue weighted by Gasteiger charge is 2.47. The maximum atomic E-state index is 14.0. The van der Waals surface area contributed by atoms with Crippen LogP contribution in [-0.4, -0.2) is 295 Å². The van der Waals surface area contributed by atoms with Gasteiger partial charge in [-0.15, -0.1) is 0 Å². The molecule has 0 aromatic carbocycles. The van der Waals surface area contributed by atoms with Crippen molar-refractivity contribution in [3.63, 3.8) is 0 Å². The van der Waals surface area contributed by atoms with Crippen molar-refractivity contribution in [3.05, 3.63) is 0 Å². The minimum Gasteiger partial charge on any atom is -0.756 e. The van der Waals surface area contributed by atoms with Gasteiger partial charge in [-0.1, -0.05) is 59.3 Å². The Labute approximate surface area is 655 Å². The molecule has 40 heteroatoms. The average Bonchev–Trinajstić information content (AvgIpc) is 0.907. The van der Waals surface area contributed by atoms with Crippen molar-refractivity contribution in [2.75, 3.05) is 79.1 Å². The largest absolute Gasteiger partial charge is 0.756 e. The summed E-state index contributed by atoms with van der Waals surface area (Å²) in [6.45, 7) is 1.25. The van der Waals surface area contributed by atoms with E-state index in [1.165, 1.54) is 14.7 Å². The number of aliphatic hydroxyl groups excluding tert-OH is 10. The van der Waals surface area contributed by atoms with Gasteiger partial charge in [0.15, 0.2) is 18.9 Å². The molecule has 0 bridgehead atoms. The molecule has 0 saturated carbocycles. The minimum absolute atomic E-state index is 0.0113. The van der Waals surface area contributed by atoms with Crippen molar-refractivity contribution < 1.29 is 164 Å². The molecule has 112 heavy (non-hydrogen) atoms. The molecule has 11 N–H and O–H groups in total. The number of phosphoric acid groups is 3. The monoisotopic (exact) mass is 1670 g/mol. The standard InChI is InChI=1S/C72H128N3O34P3/c1-46-64(86)67(89)58(40-76)105-70(46)99-31-19-16-25-52(79)22-10-4-7-13-28-61(83)73-37-55(82)34-49(73)44-103-111(95,96)109-57-36-51(75(39-57)63(85)30-15-9-6-12-24-54(81)27-18-21-33-101-72-48(3)66(88)69(91)60(42-78)107-72)45-104-112(97,98)108-56-35-50(43-102-110(92,93)94)74(38-56)62(84)29-14-8-5-11-23-53(80)26-17-20-32-100-71-47(2)65(87)68(90)59(41-77)106-71/h46-51,55-60,64-72,76-78,82,86-91H,4-45H2,1-3H3,(H,95,96)(H,97,98)(H2,92,93,94)/p-3/t46?,47?,48?,49-,50-,51-,55?,56+,57+,58?,59?,60?,64?,65?,66?,67?,68?,69?,70?,71?,72?/m0/s1. The number of ether oxygens (including phenoxy) is 6. The maximum Gasteiger partial charge on any atom is 0.268 e. The normalized spacial score (nSPS) is 32.0. The molecule has 24 atom stereocenters. The van der Waals surface area contributed by atoms with E-state index in [-0.39, 0.29) is 127 Å². The predicted octanol–water partition coefficient (Wildman–Crippen LogP) is 0.883. The van der Waals surface area contributed by atoms with Gasteiger partial charge in [0.25, 0.3) is 23.5 Å². The number of β-amino-alcohol motifs (C(OH)–C–C–N with tert-alkyl or cyclic N) is 1. The molecule has 37 nitrogen and oxygen atoms in total. The van der Waals surface area contributed by atoms with Crippen LogP contribution in [0.15, 0.2) is 0 Å². The number of carbonyl (C=O) groups excluding carboxylic acids is 6. The number of aliphatic hydroxyl groups is 10. The summed E-state index contributed by atoms with van der Waals surface area (Å²) in [6.07, 6.45) is -5.77. The topological polar surface area (TPSA) is 557 Å². The summed E-state index contributed by atoms with van der Waals surface area (Å²) < 4.78 is 99.1. The van der Waals surface area contributed by atoms with Crippen LogP contribution in [-0.2, 0) is 93.5 Å². The first kappa shape index (κ1) is 97.9. The Hall–Kier alpha value is -2.89. The van der Waals surface area contributed by atoms with Crippen LogP contribution in [0, 0.1) is 17.8 Å². The maximum absolute atomic E-state index is 14.0. The second-order valence-electron chi connectivity index (χ2n) is 30.7. The highest BCUT2D eigenvalue weighted by Crippen LogP contribution is 2.47. The van der Waals surface area contributed by atoms with Crippen LogP contribution in [0.2, 0.25) is 0 Å². The van der Waals surface area contributed by atoms with Crippen molar-refractivity contribution in [2.45, 2.75) is 324 Å². The van der Waals surface area contributed by atoms with Gasteiger partial charge >= 0.3 is 0 Å².